The predicted octanol–water partition coefficient (Wildman–Crippen LogP) is 3.22. The molecule has 1 amide bonds. The Kier molecular flexibility index (Phi) is 6.08. The molecule has 0 atom stereocenters. The molecule has 0 unspecified atom stereocenters. The molecule has 0 saturated carbocycles. The highest BCUT2D eigenvalue weighted by molar-refractivity contribution is 7.99. The molecule has 26 heavy (non-hydrogen) atoms. The van der Waals surface area contributed by atoms with Crippen molar-refractivity contribution >= 4 is 23.4 Å². The summed E-state index contributed by atoms with van der Waals surface area (Å²) in [6.45, 7) is 3.08. The van der Waals surface area contributed by atoms with E-state index in [1.807, 2.05) is 41.8 Å². The third kappa shape index (κ3) is 4.53. The first-order chi connectivity index (χ1) is 12.7. The van der Waals surface area contributed by atoms with Crippen LogP contribution in [0.5, 0.6) is 0 Å². The lowest BCUT2D eigenvalue weighted by Crippen LogP contribution is -2.15. The third-order valence-electron chi connectivity index (χ3n) is 3.65. The maximum atomic E-state index is 12.2. The molecule has 0 radical (unpaired) electrons. The van der Waals surface area contributed by atoms with E-state index in [-0.39, 0.29) is 11.7 Å². The summed E-state index contributed by atoms with van der Waals surface area (Å²) >= 11 is 1.33. The highest BCUT2D eigenvalue weighted by Crippen LogP contribution is 2.24. The number of aryl methyl sites for hydroxylation is 1. The van der Waals surface area contributed by atoms with Crippen LogP contribution >= 0.6 is 11.8 Å². The van der Waals surface area contributed by atoms with E-state index in [0.717, 1.165) is 11.3 Å². The number of carbonyl (C=O) groups is 1. The van der Waals surface area contributed by atoms with E-state index >= 15 is 0 Å². The van der Waals surface area contributed by atoms with Crippen molar-refractivity contribution in [3.63, 3.8) is 0 Å². The van der Waals surface area contributed by atoms with Gasteiger partial charge < -0.3 is 14.5 Å². The number of rotatable bonds is 8. The van der Waals surface area contributed by atoms with Crippen LogP contribution < -0.4 is 5.32 Å². The Labute approximate surface area is 155 Å². The second-order valence-corrected chi connectivity index (χ2v) is 6.57. The second-order valence-electron chi connectivity index (χ2n) is 5.63. The molecular weight excluding hydrogens is 352 g/mol. The van der Waals surface area contributed by atoms with E-state index in [1.165, 1.54) is 11.8 Å². The zero-order valence-corrected chi connectivity index (χ0v) is 15.5. The minimum absolute atomic E-state index is 0.0975. The molecule has 0 bridgehead atoms. The number of benzene rings is 1. The van der Waals surface area contributed by atoms with Crippen molar-refractivity contribution in [1.82, 2.24) is 14.8 Å². The zero-order chi connectivity index (χ0) is 18.4. The summed E-state index contributed by atoms with van der Waals surface area (Å²) in [7, 11) is 1.64. The standard InChI is InChI=1S/C18H20N4O3S/c1-13-5-7-14(8-6-13)19-16(23)12-26-18-21-20-17(15-4-3-10-25-15)22(18)9-11-24-2/h3-8,10H,9,11-12H2,1-2H3,(H,19,23). The van der Waals surface area contributed by atoms with Gasteiger partial charge in [0, 0.05) is 12.8 Å². The molecule has 0 saturated heterocycles. The Morgan fingerprint density at radius 3 is 2.77 bits per heavy atom. The maximum absolute atomic E-state index is 12.2. The van der Waals surface area contributed by atoms with Gasteiger partial charge >= 0.3 is 0 Å². The van der Waals surface area contributed by atoms with Crippen LogP contribution in [0.3, 0.4) is 0 Å². The number of hydrogen-bond acceptors (Lipinski definition) is 6. The lowest BCUT2D eigenvalue weighted by molar-refractivity contribution is -0.113. The van der Waals surface area contributed by atoms with Crippen molar-refractivity contribution in [3.05, 3.63) is 48.2 Å². The van der Waals surface area contributed by atoms with E-state index in [2.05, 4.69) is 15.5 Å². The smallest absolute Gasteiger partial charge is 0.234 e. The number of ether oxygens (including phenoxy) is 1. The van der Waals surface area contributed by atoms with Crippen molar-refractivity contribution in [3.8, 4) is 11.6 Å². The second kappa shape index (κ2) is 8.68. The number of methoxy groups -OCH3 is 1. The third-order valence-corrected chi connectivity index (χ3v) is 4.61. The van der Waals surface area contributed by atoms with Gasteiger partial charge in [-0.05, 0) is 31.2 Å². The highest BCUT2D eigenvalue weighted by Gasteiger charge is 2.17. The number of thioether (sulfide) groups is 1. The van der Waals surface area contributed by atoms with Gasteiger partial charge in [0.25, 0.3) is 0 Å². The van der Waals surface area contributed by atoms with Crippen molar-refractivity contribution in [2.24, 2.45) is 0 Å². The van der Waals surface area contributed by atoms with E-state index in [9.17, 15) is 4.79 Å². The molecule has 136 valence electrons. The summed E-state index contributed by atoms with van der Waals surface area (Å²) in [6.07, 6.45) is 1.59. The van der Waals surface area contributed by atoms with Crippen LogP contribution in [-0.2, 0) is 16.1 Å². The van der Waals surface area contributed by atoms with Crippen LogP contribution in [0.25, 0.3) is 11.6 Å². The molecule has 0 aliphatic heterocycles. The average molecular weight is 372 g/mol. The zero-order valence-electron chi connectivity index (χ0n) is 14.6. The number of nitrogens with zero attached hydrogens (tertiary/aromatic N) is 3. The van der Waals surface area contributed by atoms with Crippen molar-refractivity contribution in [1.29, 1.82) is 0 Å². The molecule has 1 N–H and O–H groups in total. The SMILES string of the molecule is COCCn1c(SCC(=O)Nc2ccc(C)cc2)nnc1-c1ccco1. The van der Waals surface area contributed by atoms with Gasteiger partial charge in [0.05, 0.1) is 25.2 Å². The number of carbonyl (C=O) groups excluding carboxylic acids is 1. The fraction of sp³-hybridized carbons (Fsp3) is 0.278. The van der Waals surface area contributed by atoms with E-state index < -0.39 is 0 Å². The molecule has 0 spiro atoms. The van der Waals surface area contributed by atoms with Crippen LogP contribution in [0.1, 0.15) is 5.56 Å². The van der Waals surface area contributed by atoms with Gasteiger partial charge in [-0.1, -0.05) is 29.5 Å². The molecule has 2 heterocycles. The van der Waals surface area contributed by atoms with Gasteiger partial charge in [-0.2, -0.15) is 0 Å². The summed E-state index contributed by atoms with van der Waals surface area (Å²) in [6, 6.07) is 11.3. The summed E-state index contributed by atoms with van der Waals surface area (Å²) in [5, 5.41) is 11.9. The first-order valence-corrected chi connectivity index (χ1v) is 9.11. The lowest BCUT2D eigenvalue weighted by Gasteiger charge is -2.09. The lowest BCUT2D eigenvalue weighted by atomic mass is 10.2. The molecule has 7 nitrogen and oxygen atoms in total. The number of furan rings is 1. The number of amides is 1. The van der Waals surface area contributed by atoms with Gasteiger partial charge in [0.2, 0.25) is 11.7 Å². The Hall–Kier alpha value is -2.58. The van der Waals surface area contributed by atoms with Crippen molar-refractivity contribution < 1.29 is 13.9 Å². The summed E-state index contributed by atoms with van der Waals surface area (Å²) in [4.78, 5) is 12.2. The average Bonchev–Trinajstić information content (AvgIpc) is 3.29. The van der Waals surface area contributed by atoms with Crippen LogP contribution in [0.15, 0.2) is 52.2 Å². The first kappa shape index (κ1) is 18.2. The first-order valence-electron chi connectivity index (χ1n) is 8.12. The van der Waals surface area contributed by atoms with Gasteiger partial charge in [-0.3, -0.25) is 9.36 Å². The molecule has 3 rings (SSSR count). The number of aromatic nitrogens is 3. The largest absolute Gasteiger partial charge is 0.461 e. The predicted molar refractivity (Wildman–Crippen MR) is 100 cm³/mol. The van der Waals surface area contributed by atoms with Gasteiger partial charge in [0.1, 0.15) is 0 Å². The van der Waals surface area contributed by atoms with Gasteiger partial charge in [0.15, 0.2) is 10.9 Å². The van der Waals surface area contributed by atoms with Gasteiger partial charge in [-0.25, -0.2) is 0 Å². The molecule has 3 aromatic rings. The normalized spacial score (nSPS) is 10.8. The van der Waals surface area contributed by atoms with Gasteiger partial charge in [-0.15, -0.1) is 10.2 Å². The fourth-order valence-electron chi connectivity index (χ4n) is 2.33. The monoisotopic (exact) mass is 372 g/mol. The Morgan fingerprint density at radius 2 is 2.08 bits per heavy atom. The highest BCUT2D eigenvalue weighted by atomic mass is 32.2. The Bertz CT molecular complexity index is 844. The molecule has 8 heteroatoms. The summed E-state index contributed by atoms with van der Waals surface area (Å²) < 4.78 is 12.5. The van der Waals surface area contributed by atoms with E-state index in [0.29, 0.717) is 29.9 Å². The topological polar surface area (TPSA) is 82.2 Å². The van der Waals surface area contributed by atoms with Crippen LogP contribution in [0, 0.1) is 6.92 Å². The minimum Gasteiger partial charge on any atom is -0.461 e. The Balaban J connectivity index is 1.67. The van der Waals surface area contributed by atoms with Crippen molar-refractivity contribution in [2.75, 3.05) is 24.8 Å². The van der Waals surface area contributed by atoms with Crippen molar-refractivity contribution in [2.45, 2.75) is 18.6 Å². The molecule has 0 aliphatic rings. The molecular formula is C18H20N4O3S. The molecule has 0 aliphatic carbocycles. The quantitative estimate of drug-likeness (QED) is 0.612. The number of nitrogens with one attached hydrogen (secondary N) is 1. The van der Waals surface area contributed by atoms with Crippen LogP contribution in [-0.4, -0.2) is 40.1 Å². The van der Waals surface area contributed by atoms with Crippen LogP contribution in [0.4, 0.5) is 5.69 Å². The fourth-order valence-corrected chi connectivity index (χ4v) is 3.10. The molecule has 0 fully saturated rings. The van der Waals surface area contributed by atoms with E-state index in [4.69, 9.17) is 9.15 Å². The molecule has 2 aromatic heterocycles. The number of anilines is 1. The summed E-state index contributed by atoms with van der Waals surface area (Å²) in [5.41, 5.74) is 1.92. The Morgan fingerprint density at radius 1 is 1.27 bits per heavy atom. The summed E-state index contributed by atoms with van der Waals surface area (Å²) in [5.74, 6) is 1.38. The molecule has 1 aromatic carbocycles. The minimum atomic E-state index is -0.0975. The van der Waals surface area contributed by atoms with E-state index in [1.54, 1.807) is 19.4 Å². The maximum Gasteiger partial charge on any atom is 0.234 e. The number of hydrogen-bond donors (Lipinski definition) is 1. The van der Waals surface area contributed by atoms with Crippen LogP contribution in [0.2, 0.25) is 0 Å².